The Kier molecular flexibility index (Phi) is 3.92. The summed E-state index contributed by atoms with van der Waals surface area (Å²) in [6, 6.07) is 4.03. The lowest BCUT2D eigenvalue weighted by molar-refractivity contribution is -0.114. The van der Waals surface area contributed by atoms with Crippen LogP contribution in [0.2, 0.25) is 0 Å². The Morgan fingerprint density at radius 2 is 2.00 bits per heavy atom. The largest absolute Gasteiger partial charge is 0.369 e. The molecule has 0 N–H and O–H groups in total. The van der Waals surface area contributed by atoms with Gasteiger partial charge in [0, 0.05) is 19.5 Å². The summed E-state index contributed by atoms with van der Waals surface area (Å²) in [6.45, 7) is 1.97. The number of hydrogen-bond donors (Lipinski definition) is 0. The van der Waals surface area contributed by atoms with Crippen LogP contribution in [0.1, 0.15) is 43.4 Å². The molecule has 24 heavy (non-hydrogen) atoms. The fraction of sp³-hybridized carbons (Fsp3) is 0.500. The summed E-state index contributed by atoms with van der Waals surface area (Å²) in [5.74, 6) is 2.73. The third-order valence-electron chi connectivity index (χ3n) is 5.95. The zero-order valence-corrected chi connectivity index (χ0v) is 14.9. The molecule has 3 aliphatic rings. The molecule has 1 aromatic heterocycles. The maximum absolute atomic E-state index is 12.5. The highest BCUT2D eigenvalue weighted by molar-refractivity contribution is 7.98. The van der Waals surface area contributed by atoms with Crippen molar-refractivity contribution in [2.24, 2.45) is 5.41 Å². The number of ketones is 1. The highest BCUT2D eigenvalue weighted by Gasteiger charge is 2.41. The van der Waals surface area contributed by atoms with Crippen molar-refractivity contribution < 1.29 is 4.79 Å². The SMILES string of the molecule is C#CC1=C(N2CCC3(CCC3)CC2)c2nc(SC)ccc2CC1=O. The number of nitrogens with zero attached hydrogens (tertiary/aromatic N) is 2. The predicted molar refractivity (Wildman–Crippen MR) is 97.6 cm³/mol. The molecule has 2 fully saturated rings. The number of rotatable bonds is 2. The fourth-order valence-electron chi connectivity index (χ4n) is 4.28. The van der Waals surface area contributed by atoms with E-state index in [1.165, 1.54) is 32.1 Å². The van der Waals surface area contributed by atoms with Gasteiger partial charge in [-0.2, -0.15) is 0 Å². The number of Topliss-reactive ketones (excluding diaryl/α,β-unsaturated/α-hetero) is 1. The summed E-state index contributed by atoms with van der Waals surface area (Å²) in [4.78, 5) is 19.7. The first-order valence-electron chi connectivity index (χ1n) is 8.69. The number of hydrogen-bond acceptors (Lipinski definition) is 4. The Labute approximate surface area is 147 Å². The highest BCUT2D eigenvalue weighted by Crippen LogP contribution is 2.50. The second-order valence-corrected chi connectivity index (χ2v) is 8.00. The van der Waals surface area contributed by atoms with Crippen molar-refractivity contribution in [3.8, 4) is 12.3 Å². The van der Waals surface area contributed by atoms with E-state index < -0.39 is 0 Å². The minimum absolute atomic E-state index is 0.0580. The molecule has 1 saturated carbocycles. The van der Waals surface area contributed by atoms with Gasteiger partial charge in [0.05, 0.1) is 22.0 Å². The smallest absolute Gasteiger partial charge is 0.177 e. The van der Waals surface area contributed by atoms with Crippen molar-refractivity contribution in [2.75, 3.05) is 19.3 Å². The molecular weight excluding hydrogens is 316 g/mol. The number of carbonyl (C=O) groups is 1. The normalized spacial score (nSPS) is 22.2. The maximum Gasteiger partial charge on any atom is 0.177 e. The van der Waals surface area contributed by atoms with Crippen LogP contribution in [0.3, 0.4) is 0 Å². The molecule has 4 rings (SSSR count). The van der Waals surface area contributed by atoms with Gasteiger partial charge >= 0.3 is 0 Å². The first kappa shape index (κ1) is 15.8. The van der Waals surface area contributed by atoms with E-state index in [2.05, 4.69) is 10.8 Å². The molecule has 1 aliphatic heterocycles. The number of aromatic nitrogens is 1. The van der Waals surface area contributed by atoms with Crippen molar-refractivity contribution in [1.82, 2.24) is 9.88 Å². The van der Waals surface area contributed by atoms with Gasteiger partial charge < -0.3 is 4.90 Å². The van der Waals surface area contributed by atoms with Crippen LogP contribution in [0, 0.1) is 17.8 Å². The fourth-order valence-corrected chi connectivity index (χ4v) is 4.67. The third-order valence-corrected chi connectivity index (χ3v) is 6.60. The number of thioether (sulfide) groups is 1. The van der Waals surface area contributed by atoms with Gasteiger partial charge in [-0.3, -0.25) is 4.79 Å². The van der Waals surface area contributed by atoms with Gasteiger partial charge in [0.15, 0.2) is 5.78 Å². The number of fused-ring (bicyclic) bond motifs is 1. The molecule has 0 bridgehead atoms. The summed E-state index contributed by atoms with van der Waals surface area (Å²) in [6.07, 6.45) is 14.6. The summed E-state index contributed by atoms with van der Waals surface area (Å²) < 4.78 is 0. The van der Waals surface area contributed by atoms with E-state index in [-0.39, 0.29) is 5.78 Å². The first-order chi connectivity index (χ1) is 11.7. The molecule has 1 saturated heterocycles. The van der Waals surface area contributed by atoms with Gasteiger partial charge in [-0.05, 0) is 49.0 Å². The van der Waals surface area contributed by atoms with Crippen LogP contribution in [-0.4, -0.2) is 35.0 Å². The Balaban J connectivity index is 1.73. The Hall–Kier alpha value is -1.73. The number of allylic oxidation sites excluding steroid dienone is 1. The topological polar surface area (TPSA) is 33.2 Å². The van der Waals surface area contributed by atoms with Crippen molar-refractivity contribution in [3.63, 3.8) is 0 Å². The molecule has 0 atom stereocenters. The molecule has 0 radical (unpaired) electrons. The lowest BCUT2D eigenvalue weighted by atomic mass is 9.63. The van der Waals surface area contributed by atoms with E-state index in [0.29, 0.717) is 17.4 Å². The van der Waals surface area contributed by atoms with E-state index in [9.17, 15) is 4.79 Å². The lowest BCUT2D eigenvalue weighted by Crippen LogP contribution is -2.43. The number of carbonyl (C=O) groups excluding carboxylic acids is 1. The minimum Gasteiger partial charge on any atom is -0.369 e. The summed E-state index contributed by atoms with van der Waals surface area (Å²) in [7, 11) is 0. The first-order valence-corrected chi connectivity index (χ1v) is 9.92. The summed E-state index contributed by atoms with van der Waals surface area (Å²) in [5.41, 5.74) is 3.95. The predicted octanol–water partition coefficient (Wildman–Crippen LogP) is 3.54. The number of piperidine rings is 1. The van der Waals surface area contributed by atoms with Crippen LogP contribution in [0.5, 0.6) is 0 Å². The van der Waals surface area contributed by atoms with E-state index in [1.54, 1.807) is 11.8 Å². The zero-order valence-electron chi connectivity index (χ0n) is 14.1. The van der Waals surface area contributed by atoms with Crippen LogP contribution in [0.15, 0.2) is 22.7 Å². The van der Waals surface area contributed by atoms with Crippen LogP contribution < -0.4 is 0 Å². The number of pyridine rings is 1. The van der Waals surface area contributed by atoms with Crippen molar-refractivity contribution >= 4 is 23.2 Å². The molecule has 0 aromatic carbocycles. The quantitative estimate of drug-likeness (QED) is 0.610. The third kappa shape index (κ3) is 2.46. The molecule has 1 spiro atoms. The Morgan fingerprint density at radius 3 is 2.58 bits per heavy atom. The van der Waals surface area contributed by atoms with E-state index in [1.807, 2.05) is 18.4 Å². The van der Waals surface area contributed by atoms with Crippen molar-refractivity contribution in [1.29, 1.82) is 0 Å². The second-order valence-electron chi connectivity index (χ2n) is 7.17. The summed E-state index contributed by atoms with van der Waals surface area (Å²) in [5, 5.41) is 0.976. The van der Waals surface area contributed by atoms with Gasteiger partial charge in [-0.15, -0.1) is 18.2 Å². The zero-order chi connectivity index (χ0) is 16.7. The lowest BCUT2D eigenvalue weighted by Gasteiger charge is -2.49. The number of likely N-dealkylation sites (tertiary alicyclic amines) is 1. The van der Waals surface area contributed by atoms with Crippen LogP contribution in [-0.2, 0) is 11.2 Å². The van der Waals surface area contributed by atoms with E-state index in [4.69, 9.17) is 11.4 Å². The van der Waals surface area contributed by atoms with Crippen LogP contribution >= 0.6 is 11.8 Å². The molecule has 124 valence electrons. The molecule has 4 heteroatoms. The highest BCUT2D eigenvalue weighted by atomic mass is 32.2. The Bertz CT molecular complexity index is 760. The average Bonchev–Trinajstić information content (AvgIpc) is 2.59. The van der Waals surface area contributed by atoms with Gasteiger partial charge in [0.25, 0.3) is 0 Å². The number of terminal acetylenes is 1. The monoisotopic (exact) mass is 338 g/mol. The van der Waals surface area contributed by atoms with Gasteiger partial charge in [-0.1, -0.05) is 18.4 Å². The Morgan fingerprint density at radius 1 is 1.25 bits per heavy atom. The second kappa shape index (κ2) is 5.97. The van der Waals surface area contributed by atoms with Crippen LogP contribution in [0.4, 0.5) is 0 Å². The molecule has 0 unspecified atom stereocenters. The summed E-state index contributed by atoms with van der Waals surface area (Å²) >= 11 is 1.62. The van der Waals surface area contributed by atoms with E-state index in [0.717, 1.165) is 35.1 Å². The molecular formula is C20H22N2OS. The minimum atomic E-state index is 0.0580. The van der Waals surface area contributed by atoms with Gasteiger partial charge in [-0.25, -0.2) is 4.98 Å². The maximum atomic E-state index is 12.5. The van der Waals surface area contributed by atoms with Crippen LogP contribution in [0.25, 0.3) is 5.70 Å². The average molecular weight is 338 g/mol. The molecule has 1 aromatic rings. The molecule has 0 amide bonds. The van der Waals surface area contributed by atoms with E-state index >= 15 is 0 Å². The van der Waals surface area contributed by atoms with Gasteiger partial charge in [0.2, 0.25) is 0 Å². The standard InChI is InChI=1S/C20H22N2OS/c1-3-15-16(23)13-14-5-6-17(24-2)21-18(14)19(15)22-11-9-20(10-12-22)7-4-8-20/h1,5-6H,4,7-13H2,2H3. The molecule has 3 nitrogen and oxygen atoms in total. The van der Waals surface area contributed by atoms with Crippen molar-refractivity contribution in [3.05, 3.63) is 29.0 Å². The molecule has 2 heterocycles. The van der Waals surface area contributed by atoms with Gasteiger partial charge in [0.1, 0.15) is 0 Å². The van der Waals surface area contributed by atoms with Crippen molar-refractivity contribution in [2.45, 2.75) is 43.6 Å². The molecule has 2 aliphatic carbocycles.